The van der Waals surface area contributed by atoms with Gasteiger partial charge < -0.3 is 14.1 Å². The lowest BCUT2D eigenvalue weighted by atomic mass is 10.0. The molecule has 27 heavy (non-hydrogen) atoms. The van der Waals surface area contributed by atoms with Crippen LogP contribution in [0.1, 0.15) is 12.0 Å². The Morgan fingerprint density at radius 1 is 1.07 bits per heavy atom. The Morgan fingerprint density at radius 3 is 2.74 bits per heavy atom. The Bertz CT molecular complexity index is 1070. The monoisotopic (exact) mass is 366 g/mol. The number of aryl methyl sites for hydroxylation is 1. The van der Waals surface area contributed by atoms with Gasteiger partial charge in [-0.05, 0) is 36.6 Å². The molecule has 0 unspecified atom stereocenters. The van der Waals surface area contributed by atoms with E-state index in [-0.39, 0.29) is 19.1 Å². The van der Waals surface area contributed by atoms with Crippen molar-refractivity contribution in [3.8, 4) is 0 Å². The summed E-state index contributed by atoms with van der Waals surface area (Å²) < 4.78 is 11.4. The van der Waals surface area contributed by atoms with E-state index in [2.05, 4.69) is 0 Å². The number of oxazole rings is 1. The van der Waals surface area contributed by atoms with Gasteiger partial charge in [-0.15, -0.1) is 0 Å². The Hall–Kier alpha value is -3.35. The van der Waals surface area contributed by atoms with E-state index in [4.69, 9.17) is 9.15 Å². The van der Waals surface area contributed by atoms with Crippen LogP contribution in [0.5, 0.6) is 0 Å². The molecule has 0 aliphatic carbocycles. The fraction of sp³-hybridized carbons (Fsp3) is 0.250. The molecule has 2 aromatic carbocycles. The van der Waals surface area contributed by atoms with Crippen molar-refractivity contribution in [1.29, 1.82) is 0 Å². The smallest absolute Gasteiger partial charge is 0.420 e. The fourth-order valence-corrected chi connectivity index (χ4v) is 3.35. The molecule has 0 spiro atoms. The van der Waals surface area contributed by atoms with Gasteiger partial charge >= 0.3 is 11.7 Å². The lowest BCUT2D eigenvalue weighted by Gasteiger charge is -2.29. The predicted molar refractivity (Wildman–Crippen MR) is 98.5 cm³/mol. The largest absolute Gasteiger partial charge is 0.454 e. The summed E-state index contributed by atoms with van der Waals surface area (Å²) in [4.78, 5) is 38.2. The zero-order valence-corrected chi connectivity index (χ0v) is 14.6. The van der Waals surface area contributed by atoms with Crippen LogP contribution in [0.25, 0.3) is 11.1 Å². The molecule has 138 valence electrons. The van der Waals surface area contributed by atoms with Crippen LogP contribution in [0, 0.1) is 0 Å². The highest BCUT2D eigenvalue weighted by Gasteiger charge is 2.23. The van der Waals surface area contributed by atoms with E-state index in [9.17, 15) is 14.4 Å². The average Bonchev–Trinajstić information content (AvgIpc) is 3.01. The summed E-state index contributed by atoms with van der Waals surface area (Å²) in [5, 5.41) is 0. The second-order valence-corrected chi connectivity index (χ2v) is 6.36. The number of aromatic nitrogens is 1. The third-order valence-corrected chi connectivity index (χ3v) is 4.63. The number of anilines is 1. The number of ether oxygens (including phenoxy) is 1. The van der Waals surface area contributed by atoms with Gasteiger partial charge in [0.2, 0.25) is 0 Å². The molecule has 0 N–H and O–H groups in total. The van der Waals surface area contributed by atoms with Crippen molar-refractivity contribution >= 4 is 28.7 Å². The molecule has 1 aromatic heterocycles. The lowest BCUT2D eigenvalue weighted by molar-refractivity contribution is -0.148. The summed E-state index contributed by atoms with van der Waals surface area (Å²) in [6.07, 6.45) is 1.79. The van der Waals surface area contributed by atoms with Gasteiger partial charge in [0.1, 0.15) is 6.54 Å². The van der Waals surface area contributed by atoms with Crippen molar-refractivity contribution in [2.75, 3.05) is 18.1 Å². The highest BCUT2D eigenvalue weighted by atomic mass is 16.5. The number of rotatable bonds is 4. The molecule has 1 aliphatic heterocycles. The third kappa shape index (κ3) is 3.36. The van der Waals surface area contributed by atoms with Crippen molar-refractivity contribution in [2.24, 2.45) is 0 Å². The second kappa shape index (κ2) is 7.11. The molecule has 2 heterocycles. The summed E-state index contributed by atoms with van der Waals surface area (Å²) in [5.41, 5.74) is 2.88. The molecule has 3 aromatic rings. The Balaban J connectivity index is 1.42. The van der Waals surface area contributed by atoms with Gasteiger partial charge in [-0.3, -0.25) is 14.2 Å². The standard InChI is InChI=1S/C20H18N2O5/c23-18(21-11-5-7-14-6-1-2-8-15(14)21)13-26-19(24)12-22-16-9-3-4-10-17(16)27-20(22)25/h1-4,6,8-10H,5,7,11-13H2. The second-order valence-electron chi connectivity index (χ2n) is 6.36. The average molecular weight is 366 g/mol. The molecule has 1 amide bonds. The molecule has 4 rings (SSSR count). The van der Waals surface area contributed by atoms with Crippen LogP contribution < -0.4 is 10.7 Å². The molecular formula is C20H18N2O5. The summed E-state index contributed by atoms with van der Waals surface area (Å²) in [7, 11) is 0. The quantitative estimate of drug-likeness (QED) is 0.661. The minimum absolute atomic E-state index is 0.278. The predicted octanol–water partition coefficient (Wildman–Crippen LogP) is 2.12. The molecule has 0 fully saturated rings. The van der Waals surface area contributed by atoms with E-state index in [0.717, 1.165) is 24.1 Å². The first-order valence-corrected chi connectivity index (χ1v) is 8.76. The zero-order chi connectivity index (χ0) is 18.8. The first-order chi connectivity index (χ1) is 13.1. The van der Waals surface area contributed by atoms with Crippen LogP contribution in [-0.4, -0.2) is 29.6 Å². The number of benzene rings is 2. The van der Waals surface area contributed by atoms with Crippen molar-refractivity contribution in [3.63, 3.8) is 0 Å². The summed E-state index contributed by atoms with van der Waals surface area (Å²) in [5.74, 6) is -1.58. The number of carbonyl (C=O) groups is 2. The van der Waals surface area contributed by atoms with Crippen molar-refractivity contribution in [1.82, 2.24) is 4.57 Å². The summed E-state index contributed by atoms with van der Waals surface area (Å²) in [6, 6.07) is 14.5. The van der Waals surface area contributed by atoms with Gasteiger partial charge in [-0.25, -0.2) is 4.79 Å². The number of hydrogen-bond acceptors (Lipinski definition) is 5. The molecule has 1 aliphatic rings. The third-order valence-electron chi connectivity index (χ3n) is 4.63. The molecule has 0 atom stereocenters. The van der Waals surface area contributed by atoms with Gasteiger partial charge in [0, 0.05) is 12.2 Å². The van der Waals surface area contributed by atoms with E-state index in [1.54, 1.807) is 29.2 Å². The van der Waals surface area contributed by atoms with Gasteiger partial charge in [0.25, 0.3) is 5.91 Å². The molecule has 7 nitrogen and oxygen atoms in total. The van der Waals surface area contributed by atoms with E-state index in [1.165, 1.54) is 4.57 Å². The molecule has 0 saturated heterocycles. The molecular weight excluding hydrogens is 348 g/mol. The Labute approximate surface area is 154 Å². The fourth-order valence-electron chi connectivity index (χ4n) is 3.35. The molecule has 0 saturated carbocycles. The van der Waals surface area contributed by atoms with Crippen molar-refractivity contribution in [3.05, 3.63) is 64.6 Å². The van der Waals surface area contributed by atoms with E-state index < -0.39 is 11.7 Å². The van der Waals surface area contributed by atoms with Gasteiger partial charge in [0.15, 0.2) is 12.2 Å². The van der Waals surface area contributed by atoms with Crippen molar-refractivity contribution < 1.29 is 18.7 Å². The summed E-state index contributed by atoms with van der Waals surface area (Å²) >= 11 is 0. The van der Waals surface area contributed by atoms with Crippen LogP contribution in [0.4, 0.5) is 5.69 Å². The SMILES string of the molecule is O=C(Cn1c(=O)oc2ccccc21)OCC(=O)N1CCCc2ccccc21. The first kappa shape index (κ1) is 17.1. The van der Waals surface area contributed by atoms with Crippen LogP contribution in [-0.2, 0) is 27.3 Å². The minimum Gasteiger partial charge on any atom is -0.454 e. The van der Waals surface area contributed by atoms with Crippen LogP contribution in [0.3, 0.4) is 0 Å². The number of amides is 1. The first-order valence-electron chi connectivity index (χ1n) is 8.76. The van der Waals surface area contributed by atoms with E-state index in [1.807, 2.05) is 24.3 Å². The van der Waals surface area contributed by atoms with Crippen LogP contribution in [0.15, 0.2) is 57.7 Å². The normalized spacial score (nSPS) is 13.4. The number of carbonyl (C=O) groups excluding carboxylic acids is 2. The number of para-hydroxylation sites is 3. The Morgan fingerprint density at radius 2 is 1.85 bits per heavy atom. The highest BCUT2D eigenvalue weighted by molar-refractivity contribution is 5.96. The van der Waals surface area contributed by atoms with E-state index >= 15 is 0 Å². The number of esters is 1. The maximum Gasteiger partial charge on any atom is 0.420 e. The molecule has 0 bridgehead atoms. The number of fused-ring (bicyclic) bond motifs is 2. The minimum atomic E-state index is -0.665. The van der Waals surface area contributed by atoms with E-state index in [0.29, 0.717) is 17.6 Å². The van der Waals surface area contributed by atoms with Gasteiger partial charge in [-0.1, -0.05) is 30.3 Å². The highest BCUT2D eigenvalue weighted by Crippen LogP contribution is 2.26. The van der Waals surface area contributed by atoms with Gasteiger partial charge in [-0.2, -0.15) is 0 Å². The molecule has 7 heteroatoms. The van der Waals surface area contributed by atoms with Crippen LogP contribution >= 0.6 is 0 Å². The van der Waals surface area contributed by atoms with Crippen LogP contribution in [0.2, 0.25) is 0 Å². The van der Waals surface area contributed by atoms with Gasteiger partial charge in [0.05, 0.1) is 5.52 Å². The molecule has 0 radical (unpaired) electrons. The Kier molecular flexibility index (Phi) is 4.50. The zero-order valence-electron chi connectivity index (χ0n) is 14.6. The topological polar surface area (TPSA) is 81.7 Å². The number of nitrogens with zero attached hydrogens (tertiary/aromatic N) is 2. The summed E-state index contributed by atoms with van der Waals surface area (Å²) in [6.45, 7) is -0.0728. The maximum absolute atomic E-state index is 12.5. The number of hydrogen-bond donors (Lipinski definition) is 0. The maximum atomic E-state index is 12.5. The van der Waals surface area contributed by atoms with Crippen molar-refractivity contribution in [2.45, 2.75) is 19.4 Å². The lowest BCUT2D eigenvalue weighted by Crippen LogP contribution is -2.38.